The van der Waals surface area contributed by atoms with Gasteiger partial charge in [0.2, 0.25) is 5.91 Å². The van der Waals surface area contributed by atoms with Gasteiger partial charge in [0.05, 0.1) is 11.8 Å². The van der Waals surface area contributed by atoms with Crippen molar-refractivity contribution in [2.75, 3.05) is 13.1 Å². The van der Waals surface area contributed by atoms with E-state index >= 15 is 0 Å². The first-order chi connectivity index (χ1) is 10.6. The van der Waals surface area contributed by atoms with E-state index in [0.29, 0.717) is 6.54 Å². The summed E-state index contributed by atoms with van der Waals surface area (Å²) in [5, 5.41) is 4.09. The van der Waals surface area contributed by atoms with Gasteiger partial charge in [0, 0.05) is 30.4 Å². The first-order valence-corrected chi connectivity index (χ1v) is 8.47. The Kier molecular flexibility index (Phi) is 6.07. The predicted octanol–water partition coefficient (Wildman–Crippen LogP) is 3.22. The van der Waals surface area contributed by atoms with Crippen molar-refractivity contribution >= 4 is 17.7 Å². The molecule has 1 aromatic carbocycles. The molecular weight excluding hydrogens is 294 g/mol. The molecule has 0 bridgehead atoms. The molecule has 4 nitrogen and oxygen atoms in total. The molecule has 22 heavy (non-hydrogen) atoms. The fourth-order valence-electron chi connectivity index (χ4n) is 2.21. The van der Waals surface area contributed by atoms with Crippen LogP contribution in [-0.4, -0.2) is 38.9 Å². The molecule has 0 aliphatic rings. The molecule has 0 N–H and O–H groups in total. The zero-order valence-corrected chi connectivity index (χ0v) is 14.2. The van der Waals surface area contributed by atoms with E-state index in [1.165, 1.54) is 5.56 Å². The Balaban J connectivity index is 1.90. The highest BCUT2D eigenvalue weighted by atomic mass is 32.2. The summed E-state index contributed by atoms with van der Waals surface area (Å²) >= 11 is 1.61. The Morgan fingerprint density at radius 1 is 1.36 bits per heavy atom. The first-order valence-electron chi connectivity index (χ1n) is 7.59. The maximum absolute atomic E-state index is 12.6. The second-order valence-electron chi connectivity index (χ2n) is 5.26. The van der Waals surface area contributed by atoms with Crippen LogP contribution in [0.5, 0.6) is 0 Å². The largest absolute Gasteiger partial charge is 0.340 e. The van der Waals surface area contributed by atoms with Crippen LogP contribution in [0.2, 0.25) is 0 Å². The van der Waals surface area contributed by atoms with Gasteiger partial charge in [-0.2, -0.15) is 5.10 Å². The van der Waals surface area contributed by atoms with Gasteiger partial charge in [-0.25, -0.2) is 0 Å². The lowest BCUT2D eigenvalue weighted by Gasteiger charge is -2.24. The second-order valence-corrected chi connectivity index (χ2v) is 6.67. The van der Waals surface area contributed by atoms with Gasteiger partial charge in [-0.05, 0) is 39.0 Å². The molecule has 5 heteroatoms. The molecule has 0 saturated carbocycles. The number of rotatable bonds is 7. The van der Waals surface area contributed by atoms with Crippen molar-refractivity contribution in [1.82, 2.24) is 14.7 Å². The molecular formula is C17H23N3OS. The van der Waals surface area contributed by atoms with Gasteiger partial charge in [-0.15, -0.1) is 11.8 Å². The van der Waals surface area contributed by atoms with Gasteiger partial charge in [-0.3, -0.25) is 9.48 Å². The zero-order chi connectivity index (χ0) is 15.9. The van der Waals surface area contributed by atoms with Gasteiger partial charge in [0.1, 0.15) is 0 Å². The van der Waals surface area contributed by atoms with Crippen molar-refractivity contribution in [3.63, 3.8) is 0 Å². The van der Waals surface area contributed by atoms with E-state index in [1.54, 1.807) is 18.0 Å². The highest BCUT2D eigenvalue weighted by molar-refractivity contribution is 8.00. The third-order valence-corrected chi connectivity index (χ3v) is 4.63. The Bertz CT molecular complexity index is 580. The first kappa shape index (κ1) is 16.6. The van der Waals surface area contributed by atoms with E-state index in [9.17, 15) is 4.79 Å². The Hall–Kier alpha value is -1.75. The number of benzene rings is 1. The number of likely N-dealkylation sites (N-methyl/N-ethyl adjacent to an activating group) is 1. The molecule has 0 saturated heterocycles. The predicted molar refractivity (Wildman–Crippen MR) is 91.0 cm³/mol. The van der Waals surface area contributed by atoms with Crippen LogP contribution in [0.25, 0.3) is 0 Å². The third kappa shape index (κ3) is 4.63. The van der Waals surface area contributed by atoms with Crippen LogP contribution in [0.4, 0.5) is 0 Å². The summed E-state index contributed by atoms with van der Waals surface area (Å²) in [7, 11) is 0. The lowest BCUT2D eigenvalue weighted by molar-refractivity contribution is -0.130. The van der Waals surface area contributed by atoms with E-state index < -0.39 is 0 Å². The van der Waals surface area contributed by atoms with Gasteiger partial charge in [-0.1, -0.05) is 17.7 Å². The van der Waals surface area contributed by atoms with Crippen LogP contribution in [0, 0.1) is 6.92 Å². The summed E-state index contributed by atoms with van der Waals surface area (Å²) in [5.41, 5.74) is 1.23. The Morgan fingerprint density at radius 2 is 2.09 bits per heavy atom. The van der Waals surface area contributed by atoms with Gasteiger partial charge < -0.3 is 4.90 Å². The summed E-state index contributed by atoms with van der Waals surface area (Å²) < 4.78 is 1.85. The van der Waals surface area contributed by atoms with Crippen molar-refractivity contribution in [3.05, 3.63) is 48.3 Å². The summed E-state index contributed by atoms with van der Waals surface area (Å²) in [6.45, 7) is 8.20. The van der Waals surface area contributed by atoms with Crippen LogP contribution >= 0.6 is 11.8 Å². The fourth-order valence-corrected chi connectivity index (χ4v) is 3.16. The number of aromatic nitrogens is 2. The Morgan fingerprint density at radius 3 is 2.68 bits per heavy atom. The van der Waals surface area contributed by atoms with Crippen molar-refractivity contribution in [3.8, 4) is 0 Å². The fraction of sp³-hybridized carbons (Fsp3) is 0.412. The number of hydrogen-bond donors (Lipinski definition) is 0. The zero-order valence-electron chi connectivity index (χ0n) is 13.4. The highest BCUT2D eigenvalue weighted by Gasteiger charge is 2.20. The van der Waals surface area contributed by atoms with Crippen LogP contribution in [0.1, 0.15) is 19.4 Å². The van der Waals surface area contributed by atoms with E-state index in [0.717, 1.165) is 18.0 Å². The normalized spacial score (nSPS) is 12.1. The number of hydrogen-bond acceptors (Lipinski definition) is 3. The lowest BCUT2D eigenvalue weighted by Crippen LogP contribution is -2.38. The molecule has 0 aliphatic carbocycles. The average Bonchev–Trinajstić information content (AvgIpc) is 3.03. The monoisotopic (exact) mass is 317 g/mol. The maximum Gasteiger partial charge on any atom is 0.235 e. The highest BCUT2D eigenvalue weighted by Crippen LogP contribution is 2.24. The molecule has 1 aromatic heterocycles. The summed E-state index contributed by atoms with van der Waals surface area (Å²) in [6, 6.07) is 10.2. The molecule has 1 amide bonds. The smallest absolute Gasteiger partial charge is 0.235 e. The van der Waals surface area contributed by atoms with Gasteiger partial charge >= 0.3 is 0 Å². The molecule has 1 unspecified atom stereocenters. The summed E-state index contributed by atoms with van der Waals surface area (Å²) in [6.07, 6.45) is 3.68. The molecule has 2 aromatic rings. The van der Waals surface area contributed by atoms with Crippen molar-refractivity contribution in [2.45, 2.75) is 37.5 Å². The molecule has 0 aliphatic heterocycles. The second kappa shape index (κ2) is 8.03. The number of thioether (sulfide) groups is 1. The molecule has 1 heterocycles. The topological polar surface area (TPSA) is 38.1 Å². The molecule has 1 atom stereocenters. The summed E-state index contributed by atoms with van der Waals surface area (Å²) in [5.74, 6) is 0.181. The maximum atomic E-state index is 12.6. The number of carbonyl (C=O) groups excluding carboxylic acids is 1. The van der Waals surface area contributed by atoms with E-state index in [4.69, 9.17) is 0 Å². The molecule has 2 rings (SSSR count). The van der Waals surface area contributed by atoms with E-state index in [1.807, 2.05) is 35.7 Å². The van der Waals surface area contributed by atoms with Gasteiger partial charge in [0.15, 0.2) is 0 Å². The number of carbonyl (C=O) groups is 1. The minimum atomic E-state index is -0.0831. The minimum Gasteiger partial charge on any atom is -0.340 e. The van der Waals surface area contributed by atoms with Crippen LogP contribution < -0.4 is 0 Å². The standard InChI is InChI=1S/C17H23N3OS/c1-4-19(12-13-20-11-5-10-18-20)17(21)15(3)22-16-8-6-14(2)7-9-16/h5-11,15H,4,12-13H2,1-3H3. The lowest BCUT2D eigenvalue weighted by atomic mass is 10.2. The van der Waals surface area contributed by atoms with Crippen LogP contribution in [0.15, 0.2) is 47.6 Å². The molecule has 118 valence electrons. The van der Waals surface area contributed by atoms with E-state index in [2.05, 4.69) is 36.3 Å². The van der Waals surface area contributed by atoms with Crippen LogP contribution in [-0.2, 0) is 11.3 Å². The quantitative estimate of drug-likeness (QED) is 0.736. The average molecular weight is 317 g/mol. The summed E-state index contributed by atoms with van der Waals surface area (Å²) in [4.78, 5) is 15.6. The van der Waals surface area contributed by atoms with Crippen LogP contribution in [0.3, 0.4) is 0 Å². The van der Waals surface area contributed by atoms with E-state index in [-0.39, 0.29) is 11.2 Å². The van der Waals surface area contributed by atoms with Crippen molar-refractivity contribution in [1.29, 1.82) is 0 Å². The van der Waals surface area contributed by atoms with Gasteiger partial charge in [0.25, 0.3) is 0 Å². The molecule has 0 spiro atoms. The number of nitrogens with zero attached hydrogens (tertiary/aromatic N) is 3. The SMILES string of the molecule is CCN(CCn1cccn1)C(=O)C(C)Sc1ccc(C)cc1. The minimum absolute atomic E-state index is 0.0831. The van der Waals surface area contributed by atoms with Crippen molar-refractivity contribution in [2.24, 2.45) is 0 Å². The molecule has 0 radical (unpaired) electrons. The third-order valence-electron chi connectivity index (χ3n) is 3.53. The number of amides is 1. The Labute approximate surface area is 136 Å². The molecule has 0 fully saturated rings. The van der Waals surface area contributed by atoms with Crippen molar-refractivity contribution < 1.29 is 4.79 Å². The number of aryl methyl sites for hydroxylation is 1.